The molecule has 2 rings (SSSR count). The highest BCUT2D eigenvalue weighted by molar-refractivity contribution is 8.00. The Morgan fingerprint density at radius 2 is 2.11 bits per heavy atom. The molecule has 0 unspecified atom stereocenters. The molecule has 1 aromatic heterocycles. The van der Waals surface area contributed by atoms with Gasteiger partial charge in [0.25, 0.3) is 0 Å². The van der Waals surface area contributed by atoms with E-state index in [1.54, 1.807) is 17.8 Å². The molecule has 0 aliphatic carbocycles. The van der Waals surface area contributed by atoms with Gasteiger partial charge in [-0.1, -0.05) is 46.6 Å². The van der Waals surface area contributed by atoms with Crippen molar-refractivity contribution in [3.05, 3.63) is 50.1 Å². The van der Waals surface area contributed by atoms with Crippen LogP contribution < -0.4 is 0 Å². The second kappa shape index (κ2) is 6.66. The van der Waals surface area contributed by atoms with Crippen molar-refractivity contribution in [1.29, 1.82) is 0 Å². The molecule has 0 bridgehead atoms. The van der Waals surface area contributed by atoms with Gasteiger partial charge in [0.15, 0.2) is 0 Å². The van der Waals surface area contributed by atoms with Gasteiger partial charge in [0.1, 0.15) is 4.34 Å². The van der Waals surface area contributed by atoms with E-state index in [0.717, 1.165) is 4.90 Å². The van der Waals surface area contributed by atoms with E-state index < -0.39 is 0 Å². The van der Waals surface area contributed by atoms with E-state index in [-0.39, 0.29) is 0 Å². The summed E-state index contributed by atoms with van der Waals surface area (Å²) in [6.07, 6.45) is 0. The second-order valence-electron chi connectivity index (χ2n) is 3.84. The molecule has 2 aromatic rings. The van der Waals surface area contributed by atoms with Gasteiger partial charge in [-0.05, 0) is 24.6 Å². The van der Waals surface area contributed by atoms with Crippen LogP contribution in [-0.2, 0) is 0 Å². The number of hydrogen-bond acceptors (Lipinski definition) is 4. The van der Waals surface area contributed by atoms with Crippen LogP contribution >= 0.6 is 46.3 Å². The Bertz CT molecular complexity index is 610. The third kappa shape index (κ3) is 3.66. The third-order valence-electron chi connectivity index (χ3n) is 2.55. The fraction of sp³-hybridized carbons (Fsp3) is 0.154. The van der Waals surface area contributed by atoms with Crippen molar-refractivity contribution in [2.75, 3.05) is 5.75 Å². The number of hydrogen-bond donors (Lipinski definition) is 1. The number of nitrogens with zero attached hydrogens (tertiary/aromatic N) is 1. The summed E-state index contributed by atoms with van der Waals surface area (Å²) in [5.74, 6) is 0.536. The maximum Gasteiger partial charge on any atom is 0.104 e. The van der Waals surface area contributed by atoms with Crippen LogP contribution in [0, 0.1) is 6.92 Å². The standard InChI is InChI=1S/C13H11Cl2NOS2/c1-8-4-2-3-5-11(8)18-7-10(16-17)9-6-12(14)19-13(9)15/h2-6,17H,7H2,1H3/b16-10+. The highest BCUT2D eigenvalue weighted by Crippen LogP contribution is 2.33. The van der Waals surface area contributed by atoms with Crippen molar-refractivity contribution in [2.45, 2.75) is 11.8 Å². The maximum absolute atomic E-state index is 9.14. The Morgan fingerprint density at radius 3 is 2.68 bits per heavy atom. The Labute approximate surface area is 130 Å². The SMILES string of the molecule is Cc1ccccc1SC/C(=N\O)c1cc(Cl)sc1Cl. The summed E-state index contributed by atoms with van der Waals surface area (Å²) in [5.41, 5.74) is 2.42. The molecule has 0 atom stereocenters. The molecular formula is C13H11Cl2NOS2. The largest absolute Gasteiger partial charge is 0.411 e. The summed E-state index contributed by atoms with van der Waals surface area (Å²) in [6.45, 7) is 2.05. The number of oxime groups is 1. The molecule has 1 aromatic carbocycles. The van der Waals surface area contributed by atoms with E-state index in [4.69, 9.17) is 28.4 Å². The van der Waals surface area contributed by atoms with Crippen LogP contribution in [0.25, 0.3) is 0 Å². The molecule has 0 radical (unpaired) electrons. The van der Waals surface area contributed by atoms with Gasteiger partial charge in [-0.25, -0.2) is 0 Å². The lowest BCUT2D eigenvalue weighted by atomic mass is 10.2. The molecule has 2 nitrogen and oxygen atoms in total. The van der Waals surface area contributed by atoms with E-state index in [1.165, 1.54) is 16.9 Å². The fourth-order valence-corrected chi connectivity index (χ4v) is 4.04. The molecule has 0 saturated carbocycles. The smallest absolute Gasteiger partial charge is 0.104 e. The van der Waals surface area contributed by atoms with E-state index in [1.807, 2.05) is 31.2 Å². The predicted octanol–water partition coefficient (Wildman–Crippen LogP) is 5.33. The van der Waals surface area contributed by atoms with E-state index in [0.29, 0.717) is 25.7 Å². The first-order valence-electron chi connectivity index (χ1n) is 5.46. The molecule has 0 fully saturated rings. The number of halogens is 2. The highest BCUT2D eigenvalue weighted by Gasteiger charge is 2.14. The minimum atomic E-state index is 0.529. The Hall–Kier alpha value is -0.680. The predicted molar refractivity (Wildman–Crippen MR) is 84.6 cm³/mol. The summed E-state index contributed by atoms with van der Waals surface area (Å²) < 4.78 is 1.13. The number of thioether (sulfide) groups is 1. The maximum atomic E-state index is 9.14. The van der Waals surface area contributed by atoms with Gasteiger partial charge in [0, 0.05) is 16.2 Å². The average molecular weight is 332 g/mol. The van der Waals surface area contributed by atoms with Gasteiger partial charge >= 0.3 is 0 Å². The van der Waals surface area contributed by atoms with Crippen molar-refractivity contribution in [1.82, 2.24) is 0 Å². The number of benzene rings is 1. The number of aryl methyl sites for hydroxylation is 1. The summed E-state index contributed by atoms with van der Waals surface area (Å²) >= 11 is 14.8. The molecule has 0 spiro atoms. The Morgan fingerprint density at radius 1 is 1.37 bits per heavy atom. The van der Waals surface area contributed by atoms with Crippen LogP contribution in [0.1, 0.15) is 11.1 Å². The lowest BCUT2D eigenvalue weighted by molar-refractivity contribution is 0.319. The summed E-state index contributed by atoms with van der Waals surface area (Å²) in [6, 6.07) is 9.79. The Balaban J connectivity index is 2.14. The monoisotopic (exact) mass is 331 g/mol. The van der Waals surface area contributed by atoms with Crippen molar-refractivity contribution >= 4 is 52.0 Å². The van der Waals surface area contributed by atoms with Gasteiger partial charge in [-0.3, -0.25) is 0 Å². The summed E-state index contributed by atoms with van der Waals surface area (Å²) in [5, 5.41) is 12.5. The zero-order valence-electron chi connectivity index (χ0n) is 10.1. The second-order valence-corrected chi connectivity index (χ2v) is 7.14. The van der Waals surface area contributed by atoms with E-state index in [9.17, 15) is 0 Å². The average Bonchev–Trinajstić information content (AvgIpc) is 2.72. The molecule has 0 saturated heterocycles. The lowest BCUT2D eigenvalue weighted by Crippen LogP contribution is -2.03. The van der Waals surface area contributed by atoms with Crippen molar-refractivity contribution in [2.24, 2.45) is 5.16 Å². The minimum Gasteiger partial charge on any atom is -0.411 e. The first-order valence-corrected chi connectivity index (χ1v) is 8.02. The zero-order valence-corrected chi connectivity index (χ0v) is 13.2. The minimum absolute atomic E-state index is 0.529. The first-order chi connectivity index (χ1) is 9.11. The van der Waals surface area contributed by atoms with Gasteiger partial charge in [0.2, 0.25) is 0 Å². The van der Waals surface area contributed by atoms with Gasteiger partial charge in [-0.2, -0.15) is 0 Å². The fourth-order valence-electron chi connectivity index (χ4n) is 1.56. The van der Waals surface area contributed by atoms with Crippen LogP contribution in [0.15, 0.2) is 40.4 Å². The van der Waals surface area contributed by atoms with Gasteiger partial charge in [0.05, 0.1) is 10.0 Å². The molecule has 100 valence electrons. The summed E-state index contributed by atoms with van der Waals surface area (Å²) in [4.78, 5) is 1.15. The van der Waals surface area contributed by atoms with Crippen LogP contribution in [0.3, 0.4) is 0 Å². The first kappa shape index (κ1) is 14.7. The molecule has 6 heteroatoms. The number of rotatable bonds is 4. The molecule has 0 aliphatic heterocycles. The van der Waals surface area contributed by atoms with Crippen LogP contribution in [0.4, 0.5) is 0 Å². The van der Waals surface area contributed by atoms with E-state index >= 15 is 0 Å². The van der Waals surface area contributed by atoms with Gasteiger partial charge in [-0.15, -0.1) is 23.1 Å². The normalized spacial score (nSPS) is 11.8. The quantitative estimate of drug-likeness (QED) is 0.355. The van der Waals surface area contributed by atoms with E-state index in [2.05, 4.69) is 5.16 Å². The van der Waals surface area contributed by atoms with Crippen LogP contribution in [-0.4, -0.2) is 16.7 Å². The third-order valence-corrected chi connectivity index (χ3v) is 5.22. The van der Waals surface area contributed by atoms with Crippen LogP contribution in [0.2, 0.25) is 8.67 Å². The summed E-state index contributed by atoms with van der Waals surface area (Å²) in [7, 11) is 0. The lowest BCUT2D eigenvalue weighted by Gasteiger charge is -2.06. The Kier molecular flexibility index (Phi) is 5.16. The van der Waals surface area contributed by atoms with Crippen molar-refractivity contribution < 1.29 is 5.21 Å². The van der Waals surface area contributed by atoms with Crippen LogP contribution in [0.5, 0.6) is 0 Å². The molecule has 0 aliphatic rings. The molecular weight excluding hydrogens is 321 g/mol. The molecule has 1 heterocycles. The van der Waals surface area contributed by atoms with Gasteiger partial charge < -0.3 is 5.21 Å². The molecule has 1 N–H and O–H groups in total. The molecule has 0 amide bonds. The van der Waals surface area contributed by atoms with Crippen molar-refractivity contribution in [3.8, 4) is 0 Å². The molecule has 19 heavy (non-hydrogen) atoms. The zero-order chi connectivity index (χ0) is 13.8. The highest BCUT2D eigenvalue weighted by atomic mass is 35.5. The number of thiophene rings is 1. The van der Waals surface area contributed by atoms with Crippen molar-refractivity contribution in [3.63, 3.8) is 0 Å². The topological polar surface area (TPSA) is 32.6 Å².